The normalized spacial score (nSPS) is 17.9. The number of amides is 1. The van der Waals surface area contributed by atoms with E-state index in [0.717, 1.165) is 23.2 Å². The minimum atomic E-state index is 0.115. The predicted molar refractivity (Wildman–Crippen MR) is 81.1 cm³/mol. The second-order valence-corrected chi connectivity index (χ2v) is 5.61. The summed E-state index contributed by atoms with van der Waals surface area (Å²) in [6, 6.07) is 7.86. The first kappa shape index (κ1) is 12.9. The van der Waals surface area contributed by atoms with Crippen LogP contribution < -0.4 is 0 Å². The Kier molecular flexibility index (Phi) is 3.31. The van der Waals surface area contributed by atoms with Gasteiger partial charge in [0.25, 0.3) is 5.91 Å². The molecule has 1 heterocycles. The van der Waals surface area contributed by atoms with E-state index >= 15 is 0 Å². The molecule has 3 rings (SSSR count). The number of benzene rings is 1. The van der Waals surface area contributed by atoms with Crippen molar-refractivity contribution in [3.63, 3.8) is 0 Å². The largest absolute Gasteiger partial charge is 0.304 e. The topological polar surface area (TPSA) is 20.3 Å². The van der Waals surface area contributed by atoms with Crippen LogP contribution >= 0.6 is 0 Å². The maximum absolute atomic E-state index is 12.5. The summed E-state index contributed by atoms with van der Waals surface area (Å²) in [7, 11) is 0. The predicted octanol–water partition coefficient (Wildman–Crippen LogP) is 4.07. The highest BCUT2D eigenvalue weighted by atomic mass is 16.2. The highest BCUT2D eigenvalue weighted by molar-refractivity contribution is 5.99. The Morgan fingerprint density at radius 3 is 2.65 bits per heavy atom. The molecule has 102 valence electrons. The standard InChI is InChI=1S/C18H19NO/c1-13(2)14-7-5-8-16(11-10-14)19-12-15-6-3-4-9-17(15)18(19)20/h3-4,6-11,13H,5,12H2,1-2H3. The second-order valence-electron chi connectivity index (χ2n) is 5.61. The van der Waals surface area contributed by atoms with E-state index in [1.807, 2.05) is 29.2 Å². The Bertz CT molecular complexity index is 635. The van der Waals surface area contributed by atoms with Gasteiger partial charge in [-0.3, -0.25) is 4.79 Å². The molecule has 20 heavy (non-hydrogen) atoms. The van der Waals surface area contributed by atoms with Gasteiger partial charge in [0, 0.05) is 11.3 Å². The first-order chi connectivity index (χ1) is 9.66. The summed E-state index contributed by atoms with van der Waals surface area (Å²) >= 11 is 0. The van der Waals surface area contributed by atoms with Crippen LogP contribution in [0.4, 0.5) is 0 Å². The van der Waals surface area contributed by atoms with Crippen molar-refractivity contribution in [1.82, 2.24) is 4.90 Å². The summed E-state index contributed by atoms with van der Waals surface area (Å²) in [6.07, 6.45) is 9.47. The SMILES string of the molecule is CC(C)C1=CCC=C(N2Cc3ccccc3C2=O)C=C1. The van der Waals surface area contributed by atoms with Crippen molar-refractivity contribution in [2.45, 2.75) is 26.8 Å². The van der Waals surface area contributed by atoms with Gasteiger partial charge in [0.15, 0.2) is 0 Å². The lowest BCUT2D eigenvalue weighted by Crippen LogP contribution is -2.22. The van der Waals surface area contributed by atoms with Crippen LogP contribution in [0.15, 0.2) is 59.8 Å². The van der Waals surface area contributed by atoms with E-state index in [2.05, 4.69) is 38.2 Å². The molecule has 0 aromatic heterocycles. The Balaban J connectivity index is 1.85. The van der Waals surface area contributed by atoms with Crippen molar-refractivity contribution in [3.8, 4) is 0 Å². The smallest absolute Gasteiger partial charge is 0.258 e. The minimum absolute atomic E-state index is 0.115. The Morgan fingerprint density at radius 1 is 1.10 bits per heavy atom. The zero-order chi connectivity index (χ0) is 14.1. The third kappa shape index (κ3) is 2.22. The van der Waals surface area contributed by atoms with Gasteiger partial charge in [-0.1, -0.05) is 50.3 Å². The van der Waals surface area contributed by atoms with Gasteiger partial charge in [-0.15, -0.1) is 0 Å². The number of carbonyl (C=O) groups excluding carboxylic acids is 1. The zero-order valence-electron chi connectivity index (χ0n) is 12.0. The van der Waals surface area contributed by atoms with Crippen LogP contribution in [-0.4, -0.2) is 10.8 Å². The van der Waals surface area contributed by atoms with E-state index in [4.69, 9.17) is 0 Å². The van der Waals surface area contributed by atoms with Crippen LogP contribution in [0.25, 0.3) is 0 Å². The van der Waals surface area contributed by atoms with Gasteiger partial charge in [-0.05, 0) is 35.6 Å². The second kappa shape index (κ2) is 5.12. The van der Waals surface area contributed by atoms with E-state index in [1.54, 1.807) is 0 Å². The third-order valence-corrected chi connectivity index (χ3v) is 3.93. The molecule has 0 bridgehead atoms. The van der Waals surface area contributed by atoms with Crippen LogP contribution in [0.1, 0.15) is 36.2 Å². The molecular weight excluding hydrogens is 246 g/mol. The number of rotatable bonds is 2. The molecule has 1 aliphatic carbocycles. The van der Waals surface area contributed by atoms with Crippen molar-refractivity contribution in [2.75, 3.05) is 0 Å². The van der Waals surface area contributed by atoms with E-state index in [9.17, 15) is 4.79 Å². The molecule has 0 saturated heterocycles. The average Bonchev–Trinajstić information content (AvgIpc) is 2.65. The third-order valence-electron chi connectivity index (χ3n) is 3.93. The van der Waals surface area contributed by atoms with Crippen LogP contribution in [0.2, 0.25) is 0 Å². The van der Waals surface area contributed by atoms with Gasteiger partial charge < -0.3 is 4.90 Å². The summed E-state index contributed by atoms with van der Waals surface area (Å²) in [6.45, 7) is 5.07. The minimum Gasteiger partial charge on any atom is -0.304 e. The lowest BCUT2D eigenvalue weighted by atomic mass is 10.0. The lowest BCUT2D eigenvalue weighted by molar-refractivity contribution is 0.0831. The number of fused-ring (bicyclic) bond motifs is 1. The molecule has 2 heteroatoms. The molecule has 0 N–H and O–H groups in total. The summed E-state index contributed by atoms with van der Waals surface area (Å²) in [5, 5.41) is 0. The molecule has 2 nitrogen and oxygen atoms in total. The van der Waals surface area contributed by atoms with E-state index in [-0.39, 0.29) is 5.91 Å². The quantitative estimate of drug-likeness (QED) is 0.789. The molecule has 0 fully saturated rings. The van der Waals surface area contributed by atoms with Gasteiger partial charge in [-0.25, -0.2) is 0 Å². The fourth-order valence-corrected chi connectivity index (χ4v) is 2.72. The maximum atomic E-state index is 12.5. The van der Waals surface area contributed by atoms with Crippen molar-refractivity contribution >= 4 is 5.91 Å². The molecule has 0 atom stereocenters. The van der Waals surface area contributed by atoms with Crippen LogP contribution in [0.3, 0.4) is 0 Å². The van der Waals surface area contributed by atoms with Crippen LogP contribution in [0, 0.1) is 5.92 Å². The molecule has 0 saturated carbocycles. The first-order valence-corrected chi connectivity index (χ1v) is 7.15. The number of hydrogen-bond acceptors (Lipinski definition) is 1. The van der Waals surface area contributed by atoms with Gasteiger partial charge in [0.05, 0.1) is 6.54 Å². The van der Waals surface area contributed by atoms with Crippen LogP contribution in [0.5, 0.6) is 0 Å². The molecule has 0 radical (unpaired) electrons. The summed E-state index contributed by atoms with van der Waals surface area (Å²) in [4.78, 5) is 14.3. The first-order valence-electron chi connectivity index (χ1n) is 7.15. The molecule has 1 aromatic carbocycles. The summed E-state index contributed by atoms with van der Waals surface area (Å²) in [5.41, 5.74) is 4.30. The molecule has 1 amide bonds. The van der Waals surface area contributed by atoms with E-state index < -0.39 is 0 Å². The van der Waals surface area contributed by atoms with Crippen molar-refractivity contribution in [3.05, 3.63) is 71.0 Å². The van der Waals surface area contributed by atoms with Crippen molar-refractivity contribution in [1.29, 1.82) is 0 Å². The summed E-state index contributed by atoms with van der Waals surface area (Å²) in [5.74, 6) is 0.634. The van der Waals surface area contributed by atoms with Crippen LogP contribution in [-0.2, 0) is 6.54 Å². The van der Waals surface area contributed by atoms with Crippen molar-refractivity contribution in [2.24, 2.45) is 5.92 Å². The molecule has 1 aliphatic heterocycles. The van der Waals surface area contributed by atoms with Crippen molar-refractivity contribution < 1.29 is 4.79 Å². The Labute approximate surface area is 120 Å². The van der Waals surface area contributed by atoms with Gasteiger partial charge >= 0.3 is 0 Å². The monoisotopic (exact) mass is 265 g/mol. The fourth-order valence-electron chi connectivity index (χ4n) is 2.72. The highest BCUT2D eigenvalue weighted by Gasteiger charge is 2.28. The molecule has 0 spiro atoms. The highest BCUT2D eigenvalue weighted by Crippen LogP contribution is 2.28. The molecular formula is C18H19NO. The number of carbonyl (C=O) groups is 1. The Morgan fingerprint density at radius 2 is 1.90 bits per heavy atom. The van der Waals surface area contributed by atoms with Gasteiger partial charge in [0.1, 0.15) is 0 Å². The van der Waals surface area contributed by atoms with E-state index in [0.29, 0.717) is 12.5 Å². The van der Waals surface area contributed by atoms with E-state index in [1.165, 1.54) is 5.57 Å². The van der Waals surface area contributed by atoms with Gasteiger partial charge in [0.2, 0.25) is 0 Å². The zero-order valence-corrected chi connectivity index (χ0v) is 12.0. The molecule has 2 aliphatic rings. The fraction of sp³-hybridized carbons (Fsp3) is 0.278. The number of nitrogens with zero attached hydrogens (tertiary/aromatic N) is 1. The average molecular weight is 265 g/mol. The molecule has 1 aromatic rings. The number of hydrogen-bond donors (Lipinski definition) is 0. The summed E-state index contributed by atoms with van der Waals surface area (Å²) < 4.78 is 0. The molecule has 0 unspecified atom stereocenters. The van der Waals surface area contributed by atoms with Gasteiger partial charge in [-0.2, -0.15) is 0 Å². The number of allylic oxidation sites excluding steroid dienone is 5. The maximum Gasteiger partial charge on any atom is 0.258 e. The Hall–Kier alpha value is -2.09. The lowest BCUT2D eigenvalue weighted by Gasteiger charge is -2.16.